The fourth-order valence-corrected chi connectivity index (χ4v) is 4.21. The summed E-state index contributed by atoms with van der Waals surface area (Å²) in [6.45, 7) is 1.36. The van der Waals surface area contributed by atoms with Gasteiger partial charge in [0.2, 0.25) is 12.7 Å². The number of carbonyl (C=O) groups excluding carboxylic acids is 1. The molecule has 2 aromatic carbocycles. The van der Waals surface area contributed by atoms with Gasteiger partial charge >= 0.3 is 0 Å². The number of para-hydroxylation sites is 1. The lowest BCUT2D eigenvalue weighted by atomic mass is 10.1. The van der Waals surface area contributed by atoms with Crippen LogP contribution in [0, 0.1) is 0 Å². The lowest BCUT2D eigenvalue weighted by Gasteiger charge is -2.38. The van der Waals surface area contributed by atoms with Gasteiger partial charge in [-0.05, 0) is 29.8 Å². The zero-order valence-corrected chi connectivity index (χ0v) is 16.0. The second-order valence-corrected chi connectivity index (χ2v) is 7.68. The highest BCUT2D eigenvalue weighted by molar-refractivity contribution is 7.20. The van der Waals surface area contributed by atoms with Crippen molar-refractivity contribution in [3.63, 3.8) is 0 Å². The zero-order chi connectivity index (χ0) is 19.1. The van der Waals surface area contributed by atoms with E-state index in [9.17, 15) is 4.79 Å². The van der Waals surface area contributed by atoms with E-state index >= 15 is 0 Å². The molecule has 1 amide bonds. The van der Waals surface area contributed by atoms with Crippen molar-refractivity contribution in [1.82, 2.24) is 9.88 Å². The lowest BCUT2D eigenvalue weighted by molar-refractivity contribution is -0.139. The molecule has 0 saturated carbocycles. The Bertz CT molecular complexity index is 1040. The number of carbonyl (C=O) groups is 1. The van der Waals surface area contributed by atoms with Crippen molar-refractivity contribution in [1.29, 1.82) is 0 Å². The Kier molecular flexibility index (Phi) is 4.20. The number of aromatic nitrogens is 1. The van der Waals surface area contributed by atoms with Crippen LogP contribution in [0.3, 0.4) is 0 Å². The predicted molar refractivity (Wildman–Crippen MR) is 103 cm³/mol. The Morgan fingerprint density at radius 1 is 1.25 bits per heavy atom. The normalized spacial score (nSPS) is 15.5. The van der Waals surface area contributed by atoms with E-state index in [2.05, 4.69) is 4.98 Å². The molecule has 0 bridgehead atoms. The van der Waals surface area contributed by atoms with Gasteiger partial charge in [0, 0.05) is 0 Å². The van der Waals surface area contributed by atoms with Gasteiger partial charge in [-0.3, -0.25) is 4.79 Å². The maximum absolute atomic E-state index is 12.5. The number of nitrogens with zero attached hydrogens (tertiary/aromatic N) is 2. The summed E-state index contributed by atoms with van der Waals surface area (Å²) in [6.07, 6.45) is 0.300. The number of fused-ring (bicyclic) bond motifs is 2. The molecule has 3 aromatic rings. The summed E-state index contributed by atoms with van der Waals surface area (Å²) in [5.41, 5.74) is 1.72. The van der Waals surface area contributed by atoms with Gasteiger partial charge in [0.05, 0.1) is 31.3 Å². The van der Waals surface area contributed by atoms with Crippen molar-refractivity contribution < 1.29 is 23.7 Å². The molecule has 3 heterocycles. The Morgan fingerprint density at radius 2 is 2.11 bits per heavy atom. The summed E-state index contributed by atoms with van der Waals surface area (Å²) in [4.78, 5) is 18.8. The van der Waals surface area contributed by atoms with Gasteiger partial charge in [0.1, 0.15) is 17.4 Å². The molecule has 1 fully saturated rings. The number of rotatable bonds is 5. The summed E-state index contributed by atoms with van der Waals surface area (Å²) in [6, 6.07) is 11.4. The van der Waals surface area contributed by atoms with Gasteiger partial charge in [0.15, 0.2) is 11.5 Å². The van der Waals surface area contributed by atoms with E-state index in [0.717, 1.165) is 27.3 Å². The molecule has 0 radical (unpaired) electrons. The minimum absolute atomic E-state index is 0.0349. The third-order valence-electron chi connectivity index (χ3n) is 4.84. The molecular weight excluding hydrogens is 380 g/mol. The second-order valence-electron chi connectivity index (χ2n) is 6.69. The molecule has 1 aromatic heterocycles. The van der Waals surface area contributed by atoms with Gasteiger partial charge in [0.25, 0.3) is 5.19 Å². The maximum atomic E-state index is 12.5. The molecule has 0 unspecified atom stereocenters. The Balaban J connectivity index is 1.18. The number of ether oxygens (including phenoxy) is 4. The van der Waals surface area contributed by atoms with Crippen LogP contribution in [0.1, 0.15) is 5.56 Å². The molecule has 2 aliphatic rings. The van der Waals surface area contributed by atoms with Crippen molar-refractivity contribution in [2.24, 2.45) is 0 Å². The number of hydrogen-bond acceptors (Lipinski definition) is 7. The monoisotopic (exact) mass is 398 g/mol. The summed E-state index contributed by atoms with van der Waals surface area (Å²) < 4.78 is 23.0. The van der Waals surface area contributed by atoms with Gasteiger partial charge < -0.3 is 23.8 Å². The first kappa shape index (κ1) is 17.1. The van der Waals surface area contributed by atoms with Gasteiger partial charge in [-0.1, -0.05) is 23.5 Å². The Hall–Kier alpha value is -3.00. The lowest BCUT2D eigenvalue weighted by Crippen LogP contribution is -2.56. The van der Waals surface area contributed by atoms with E-state index in [1.807, 2.05) is 36.4 Å². The fourth-order valence-electron chi connectivity index (χ4n) is 3.31. The van der Waals surface area contributed by atoms with Gasteiger partial charge in [-0.25, -0.2) is 0 Å². The van der Waals surface area contributed by atoms with E-state index < -0.39 is 0 Å². The molecule has 0 aliphatic carbocycles. The SMILES string of the molecule is COc1cccc2sc(OC3CN(C(=O)Cc4ccc5c(c4)OCO5)C3)nc12. The van der Waals surface area contributed by atoms with Crippen molar-refractivity contribution in [2.75, 3.05) is 27.0 Å². The Morgan fingerprint density at radius 3 is 2.96 bits per heavy atom. The van der Waals surface area contributed by atoms with E-state index in [4.69, 9.17) is 18.9 Å². The second kappa shape index (κ2) is 6.87. The van der Waals surface area contributed by atoms with Crippen LogP contribution in [0.5, 0.6) is 22.4 Å². The van der Waals surface area contributed by atoms with E-state index in [0.29, 0.717) is 30.5 Å². The smallest absolute Gasteiger partial charge is 0.274 e. The average Bonchev–Trinajstić information content (AvgIpc) is 3.29. The van der Waals surface area contributed by atoms with Crippen molar-refractivity contribution >= 4 is 27.5 Å². The van der Waals surface area contributed by atoms with Gasteiger partial charge in [-0.2, -0.15) is 4.98 Å². The van der Waals surface area contributed by atoms with Crippen LogP contribution in [0.25, 0.3) is 10.2 Å². The molecule has 0 spiro atoms. The molecule has 5 rings (SSSR count). The first-order chi connectivity index (χ1) is 13.7. The van der Waals surface area contributed by atoms with Crippen LogP contribution >= 0.6 is 11.3 Å². The van der Waals surface area contributed by atoms with Crippen LogP contribution in [0.15, 0.2) is 36.4 Å². The number of likely N-dealkylation sites (tertiary alicyclic amines) is 1. The van der Waals surface area contributed by atoms with Crippen molar-refractivity contribution in [3.8, 4) is 22.4 Å². The standard InChI is InChI=1S/C20H18N2O5S/c1-24-15-3-2-4-17-19(15)21-20(28-17)27-13-9-22(10-13)18(23)8-12-5-6-14-16(7-12)26-11-25-14/h2-7,13H,8-11H2,1H3. The largest absolute Gasteiger partial charge is 0.494 e. The summed E-state index contributed by atoms with van der Waals surface area (Å²) in [7, 11) is 1.63. The molecule has 28 heavy (non-hydrogen) atoms. The Labute approximate surface area is 165 Å². The molecule has 7 nitrogen and oxygen atoms in total. The third kappa shape index (κ3) is 3.09. The summed E-state index contributed by atoms with van der Waals surface area (Å²) in [5.74, 6) is 2.23. The van der Waals surface area contributed by atoms with Crippen LogP contribution in [-0.4, -0.2) is 48.9 Å². The molecule has 0 atom stereocenters. The number of hydrogen-bond donors (Lipinski definition) is 0. The highest BCUT2D eigenvalue weighted by Crippen LogP contribution is 2.35. The van der Waals surface area contributed by atoms with Crippen LogP contribution in [0.2, 0.25) is 0 Å². The topological polar surface area (TPSA) is 70.1 Å². The highest BCUT2D eigenvalue weighted by Gasteiger charge is 2.33. The first-order valence-corrected chi connectivity index (χ1v) is 9.78. The van der Waals surface area contributed by atoms with E-state index in [1.54, 1.807) is 12.0 Å². The fraction of sp³-hybridized carbons (Fsp3) is 0.300. The van der Waals surface area contributed by atoms with Crippen molar-refractivity contribution in [3.05, 3.63) is 42.0 Å². The number of methoxy groups -OCH3 is 1. The maximum Gasteiger partial charge on any atom is 0.274 e. The van der Waals surface area contributed by atoms with Gasteiger partial charge in [-0.15, -0.1) is 0 Å². The quantitative estimate of drug-likeness (QED) is 0.658. The predicted octanol–water partition coefficient (Wildman–Crippen LogP) is 2.87. The van der Waals surface area contributed by atoms with Crippen molar-refractivity contribution in [2.45, 2.75) is 12.5 Å². The zero-order valence-electron chi connectivity index (χ0n) is 15.2. The molecule has 0 N–H and O–H groups in total. The average molecular weight is 398 g/mol. The number of thiazole rings is 1. The van der Waals surface area contributed by atoms with Crippen LogP contribution in [-0.2, 0) is 11.2 Å². The molecule has 8 heteroatoms. The number of amides is 1. The minimum atomic E-state index is -0.0349. The van der Waals surface area contributed by atoms with E-state index in [-0.39, 0.29) is 18.8 Å². The molecule has 144 valence electrons. The molecule has 1 saturated heterocycles. The van der Waals surface area contributed by atoms with E-state index in [1.165, 1.54) is 11.3 Å². The van der Waals surface area contributed by atoms with Crippen LogP contribution in [0.4, 0.5) is 0 Å². The molecular formula is C20H18N2O5S. The molecule has 2 aliphatic heterocycles. The first-order valence-electron chi connectivity index (χ1n) is 8.96. The summed E-state index contributed by atoms with van der Waals surface area (Å²) in [5, 5.41) is 0.604. The highest BCUT2D eigenvalue weighted by atomic mass is 32.1. The summed E-state index contributed by atoms with van der Waals surface area (Å²) >= 11 is 1.49. The minimum Gasteiger partial charge on any atom is -0.494 e. The third-order valence-corrected chi connectivity index (χ3v) is 5.75. The number of benzene rings is 2. The van der Waals surface area contributed by atoms with Crippen LogP contribution < -0.4 is 18.9 Å².